The van der Waals surface area contributed by atoms with Crippen LogP contribution in [0.2, 0.25) is 5.02 Å². The van der Waals surface area contributed by atoms with Crippen LogP contribution >= 0.6 is 11.6 Å². The predicted octanol–water partition coefficient (Wildman–Crippen LogP) is 4.23. The van der Waals surface area contributed by atoms with Gasteiger partial charge < -0.3 is 20.9 Å². The number of piperidine rings is 2. The summed E-state index contributed by atoms with van der Waals surface area (Å²) in [7, 11) is 1.80. The third-order valence-corrected chi connectivity index (χ3v) is 8.49. The van der Waals surface area contributed by atoms with Gasteiger partial charge in [-0.2, -0.15) is 10.1 Å². The van der Waals surface area contributed by atoms with Gasteiger partial charge >= 0.3 is 0 Å². The smallest absolute Gasteiger partial charge is 0.251 e. The van der Waals surface area contributed by atoms with Gasteiger partial charge in [-0.25, -0.2) is 4.98 Å². The largest absolute Gasteiger partial charge is 0.399 e. The summed E-state index contributed by atoms with van der Waals surface area (Å²) in [6.07, 6.45) is 6.97. The van der Waals surface area contributed by atoms with Gasteiger partial charge in [0.05, 0.1) is 24.3 Å². The maximum atomic E-state index is 11.9. The summed E-state index contributed by atoms with van der Waals surface area (Å²) in [5, 5.41) is 11.2. The number of carbonyl (C=O) groups excluding carboxylic acids is 3. The average molecular weight is 616 g/mol. The lowest BCUT2D eigenvalue weighted by atomic mass is 10.0. The van der Waals surface area contributed by atoms with Gasteiger partial charge in [-0.1, -0.05) is 18.5 Å². The Labute approximate surface area is 259 Å². The summed E-state index contributed by atoms with van der Waals surface area (Å²) in [6.45, 7) is 4.19. The number of likely N-dealkylation sites (N-methyl/N-ethyl adjacent to an activating group) is 1. The van der Waals surface area contributed by atoms with E-state index in [9.17, 15) is 14.4 Å². The van der Waals surface area contributed by atoms with Crippen LogP contribution in [0.25, 0.3) is 10.9 Å². The molecular formula is C31H34ClN9O3. The summed E-state index contributed by atoms with van der Waals surface area (Å²) < 4.78 is 1.65. The molecule has 2 unspecified atom stereocenters. The number of aromatic nitrogens is 4. The molecular weight excluding hydrogens is 582 g/mol. The molecule has 4 aromatic rings. The monoisotopic (exact) mass is 615 g/mol. The lowest BCUT2D eigenvalue weighted by Gasteiger charge is -2.31. The number of halogens is 1. The molecule has 44 heavy (non-hydrogen) atoms. The van der Waals surface area contributed by atoms with E-state index < -0.39 is 6.04 Å². The van der Waals surface area contributed by atoms with Gasteiger partial charge in [-0.05, 0) is 67.1 Å². The fourth-order valence-electron chi connectivity index (χ4n) is 5.89. The minimum absolute atomic E-state index is 0.110. The molecule has 2 saturated heterocycles. The lowest BCUT2D eigenvalue weighted by Crippen LogP contribution is -2.41. The standard InChI is InChI=1S/C19H22ClN5O.C12H12N4O2/c1-12-4-3-7-25(11-12)19-21-10-15(20)18(23-19)22-14-5-6-16-13(8-14)9-17(26)24(16)2;13-8-1-2-9-7(5-8)6-14-16(9)10-3-4-11(17)15-12(10)18/h5-6,8,10,12H,3-4,7,9,11H2,1-2H3,(H,21,22,23);1-2,5-6,10H,3-4,13H2,(H,15,17,18). The second-order valence-electron chi connectivity index (χ2n) is 11.5. The van der Waals surface area contributed by atoms with E-state index >= 15 is 0 Å². The molecule has 7 rings (SSSR count). The maximum Gasteiger partial charge on any atom is 0.251 e. The van der Waals surface area contributed by atoms with Crippen LogP contribution in [0.15, 0.2) is 48.8 Å². The number of rotatable bonds is 4. The summed E-state index contributed by atoms with van der Waals surface area (Å²) in [4.78, 5) is 47.7. The Bertz CT molecular complexity index is 1760. The van der Waals surface area contributed by atoms with Crippen LogP contribution in [0.3, 0.4) is 0 Å². The first-order valence-corrected chi connectivity index (χ1v) is 15.0. The van der Waals surface area contributed by atoms with E-state index in [0.29, 0.717) is 47.7 Å². The molecule has 3 aliphatic rings. The van der Waals surface area contributed by atoms with Crippen molar-refractivity contribution in [2.45, 2.75) is 45.1 Å². The first kappa shape index (κ1) is 29.4. The molecule has 3 amide bonds. The van der Waals surface area contributed by atoms with E-state index in [4.69, 9.17) is 17.3 Å². The molecule has 4 N–H and O–H groups in total. The van der Waals surface area contributed by atoms with Crippen molar-refractivity contribution in [1.82, 2.24) is 25.1 Å². The highest BCUT2D eigenvalue weighted by Gasteiger charge is 2.29. The molecule has 5 heterocycles. The fraction of sp³-hybridized carbons (Fsp3) is 0.355. The number of anilines is 5. The lowest BCUT2D eigenvalue weighted by molar-refractivity contribution is -0.135. The van der Waals surface area contributed by atoms with Crippen LogP contribution in [0.4, 0.5) is 28.8 Å². The van der Waals surface area contributed by atoms with Crippen molar-refractivity contribution in [2.75, 3.05) is 41.0 Å². The zero-order chi connectivity index (χ0) is 31.0. The molecule has 0 aliphatic carbocycles. The van der Waals surface area contributed by atoms with Crippen molar-refractivity contribution in [1.29, 1.82) is 0 Å². The zero-order valence-electron chi connectivity index (χ0n) is 24.6. The first-order valence-electron chi connectivity index (χ1n) is 14.7. The molecule has 2 aromatic carbocycles. The van der Waals surface area contributed by atoms with Gasteiger partial charge in [0.1, 0.15) is 11.1 Å². The van der Waals surface area contributed by atoms with E-state index in [1.54, 1.807) is 35.1 Å². The van der Waals surface area contributed by atoms with Crippen molar-refractivity contribution in [2.24, 2.45) is 5.92 Å². The van der Waals surface area contributed by atoms with E-state index in [1.165, 1.54) is 6.42 Å². The topological polar surface area (TPSA) is 151 Å². The number of carbonyl (C=O) groups is 3. The molecule has 0 radical (unpaired) electrons. The zero-order valence-corrected chi connectivity index (χ0v) is 25.3. The number of imide groups is 1. The van der Waals surface area contributed by atoms with Crippen LogP contribution in [0.5, 0.6) is 0 Å². The number of benzene rings is 2. The van der Waals surface area contributed by atoms with E-state index in [2.05, 4.69) is 37.5 Å². The van der Waals surface area contributed by atoms with Gasteiger partial charge in [0, 0.05) is 49.0 Å². The van der Waals surface area contributed by atoms with Gasteiger partial charge in [0.15, 0.2) is 5.82 Å². The second kappa shape index (κ2) is 12.1. The molecule has 2 aromatic heterocycles. The van der Waals surface area contributed by atoms with Gasteiger partial charge in [0.2, 0.25) is 17.8 Å². The van der Waals surface area contributed by atoms with E-state index in [-0.39, 0.29) is 17.7 Å². The third kappa shape index (κ3) is 6.02. The Morgan fingerprint density at radius 2 is 1.93 bits per heavy atom. The van der Waals surface area contributed by atoms with Crippen LogP contribution in [-0.4, -0.2) is 57.6 Å². The number of hydrogen-bond acceptors (Lipinski definition) is 9. The minimum atomic E-state index is -0.427. The highest BCUT2D eigenvalue weighted by molar-refractivity contribution is 6.32. The Morgan fingerprint density at radius 3 is 2.73 bits per heavy atom. The number of nitrogens with one attached hydrogen (secondary N) is 2. The summed E-state index contributed by atoms with van der Waals surface area (Å²) in [6, 6.07) is 10.9. The highest BCUT2D eigenvalue weighted by Crippen LogP contribution is 2.33. The van der Waals surface area contributed by atoms with Crippen molar-refractivity contribution >= 4 is 69.1 Å². The molecule has 2 fully saturated rings. The van der Waals surface area contributed by atoms with Crippen LogP contribution in [0.1, 0.15) is 44.2 Å². The van der Waals surface area contributed by atoms with Crippen molar-refractivity contribution in [3.8, 4) is 0 Å². The van der Waals surface area contributed by atoms with E-state index in [1.807, 2.05) is 30.3 Å². The molecule has 2 atom stereocenters. The van der Waals surface area contributed by atoms with Gasteiger partial charge in [-0.3, -0.25) is 24.4 Å². The molecule has 3 aliphatic heterocycles. The molecule has 0 spiro atoms. The SMILES string of the molecule is CC1CCCN(c2ncc(Cl)c(Nc3ccc4c(c3)CC(=O)N4C)n2)C1.Nc1ccc2c(cnn2C2CCC(=O)NC2=O)c1. The number of amides is 3. The second-order valence-corrected chi connectivity index (χ2v) is 11.9. The molecule has 228 valence electrons. The molecule has 13 heteroatoms. The van der Waals surface area contributed by atoms with Crippen LogP contribution in [-0.2, 0) is 20.8 Å². The Morgan fingerprint density at radius 1 is 1.09 bits per heavy atom. The number of nitrogen functional groups attached to an aromatic ring is 1. The van der Waals surface area contributed by atoms with Gasteiger partial charge in [0.25, 0.3) is 5.91 Å². The molecule has 0 bridgehead atoms. The van der Waals surface area contributed by atoms with Gasteiger partial charge in [-0.15, -0.1) is 0 Å². The Balaban J connectivity index is 0.000000167. The van der Waals surface area contributed by atoms with Crippen LogP contribution < -0.4 is 26.2 Å². The number of nitrogens with zero attached hydrogens (tertiary/aromatic N) is 6. The van der Waals surface area contributed by atoms with E-state index in [0.717, 1.165) is 47.4 Å². The summed E-state index contributed by atoms with van der Waals surface area (Å²) >= 11 is 6.31. The van der Waals surface area contributed by atoms with Crippen molar-refractivity contribution < 1.29 is 14.4 Å². The number of nitrogens with two attached hydrogens (primary N) is 1. The molecule has 0 saturated carbocycles. The summed E-state index contributed by atoms with van der Waals surface area (Å²) in [5.74, 6) is 1.53. The maximum absolute atomic E-state index is 11.9. The Kier molecular flexibility index (Phi) is 8.09. The Hall–Kier alpha value is -4.71. The quantitative estimate of drug-likeness (QED) is 0.226. The van der Waals surface area contributed by atoms with Crippen LogP contribution in [0, 0.1) is 5.92 Å². The number of hydrogen-bond donors (Lipinski definition) is 3. The van der Waals surface area contributed by atoms with Crippen molar-refractivity contribution in [3.05, 3.63) is 59.4 Å². The summed E-state index contributed by atoms with van der Waals surface area (Å²) in [5.41, 5.74) is 10.0. The minimum Gasteiger partial charge on any atom is -0.399 e. The first-order chi connectivity index (χ1) is 21.2. The fourth-order valence-corrected chi connectivity index (χ4v) is 6.03. The normalized spacial score (nSPS) is 19.8. The molecule has 12 nitrogen and oxygen atoms in total. The predicted molar refractivity (Wildman–Crippen MR) is 170 cm³/mol. The van der Waals surface area contributed by atoms with Crippen molar-refractivity contribution in [3.63, 3.8) is 0 Å². The average Bonchev–Trinajstić information content (AvgIpc) is 3.53. The highest BCUT2D eigenvalue weighted by atomic mass is 35.5. The third-order valence-electron chi connectivity index (χ3n) is 8.22. The number of fused-ring (bicyclic) bond motifs is 2.